The summed E-state index contributed by atoms with van der Waals surface area (Å²) in [6.07, 6.45) is 1.74. The lowest BCUT2D eigenvalue weighted by Gasteiger charge is -2.09. The van der Waals surface area contributed by atoms with E-state index in [-0.39, 0.29) is 5.91 Å². The van der Waals surface area contributed by atoms with Gasteiger partial charge in [0.15, 0.2) is 0 Å². The van der Waals surface area contributed by atoms with E-state index in [1.165, 1.54) is 0 Å². The maximum atomic E-state index is 12.4. The molecule has 0 radical (unpaired) electrons. The molecular formula is C17H17N3O3. The van der Waals surface area contributed by atoms with Gasteiger partial charge in [-0.1, -0.05) is 0 Å². The van der Waals surface area contributed by atoms with Crippen LogP contribution in [0.1, 0.15) is 10.4 Å². The number of aromatic nitrogens is 2. The molecule has 23 heavy (non-hydrogen) atoms. The first kappa shape index (κ1) is 14.9. The van der Waals surface area contributed by atoms with E-state index < -0.39 is 0 Å². The lowest BCUT2D eigenvalue weighted by atomic mass is 10.1. The summed E-state index contributed by atoms with van der Waals surface area (Å²) >= 11 is 0. The molecule has 0 unspecified atom stereocenters. The molecule has 118 valence electrons. The first-order valence-electron chi connectivity index (χ1n) is 7.06. The minimum Gasteiger partial charge on any atom is -0.497 e. The lowest BCUT2D eigenvalue weighted by Crippen LogP contribution is -2.12. The highest BCUT2D eigenvalue weighted by molar-refractivity contribution is 6.05. The van der Waals surface area contributed by atoms with Gasteiger partial charge in [-0.2, -0.15) is 0 Å². The number of aryl methyl sites for hydroxylation is 1. The number of nitrogens with one attached hydrogen (secondary N) is 1. The van der Waals surface area contributed by atoms with E-state index in [0.29, 0.717) is 22.7 Å². The Bertz CT molecular complexity index is 848. The number of hydrogen-bond acceptors (Lipinski definition) is 4. The molecule has 3 rings (SSSR count). The van der Waals surface area contributed by atoms with E-state index in [2.05, 4.69) is 10.3 Å². The van der Waals surface area contributed by atoms with Crippen LogP contribution in [0.3, 0.4) is 0 Å². The second kappa shape index (κ2) is 6.00. The molecule has 6 nitrogen and oxygen atoms in total. The largest absolute Gasteiger partial charge is 0.497 e. The fraction of sp³-hybridized carbons (Fsp3) is 0.176. The smallest absolute Gasteiger partial charge is 0.255 e. The summed E-state index contributed by atoms with van der Waals surface area (Å²) in [4.78, 5) is 16.7. The van der Waals surface area contributed by atoms with E-state index in [1.54, 1.807) is 38.7 Å². The molecule has 0 saturated heterocycles. The summed E-state index contributed by atoms with van der Waals surface area (Å²) in [5.41, 5.74) is 2.98. The highest BCUT2D eigenvalue weighted by Gasteiger charge is 2.11. The van der Waals surface area contributed by atoms with Gasteiger partial charge in [-0.05, 0) is 30.3 Å². The number of amides is 1. The molecule has 0 spiro atoms. The lowest BCUT2D eigenvalue weighted by molar-refractivity contribution is 0.102. The van der Waals surface area contributed by atoms with Gasteiger partial charge in [0.2, 0.25) is 0 Å². The van der Waals surface area contributed by atoms with Gasteiger partial charge in [0.1, 0.15) is 11.5 Å². The number of rotatable bonds is 4. The van der Waals surface area contributed by atoms with Crippen LogP contribution >= 0.6 is 0 Å². The van der Waals surface area contributed by atoms with E-state index in [0.717, 1.165) is 11.0 Å². The second-order valence-electron chi connectivity index (χ2n) is 5.11. The van der Waals surface area contributed by atoms with Gasteiger partial charge >= 0.3 is 0 Å². The number of hydrogen-bond donors (Lipinski definition) is 1. The first-order chi connectivity index (χ1) is 11.1. The Morgan fingerprint density at radius 3 is 2.43 bits per heavy atom. The van der Waals surface area contributed by atoms with Crippen LogP contribution in [0.5, 0.6) is 11.5 Å². The van der Waals surface area contributed by atoms with Crippen molar-refractivity contribution < 1.29 is 14.3 Å². The standard InChI is InChI=1S/C17H17N3O3/c1-20-10-18-15-8-12(4-5-16(15)20)19-17(21)11-6-13(22-2)9-14(7-11)23-3/h4-10H,1-3H3,(H,19,21). The predicted molar refractivity (Wildman–Crippen MR) is 88.2 cm³/mol. The molecule has 1 N–H and O–H groups in total. The van der Waals surface area contributed by atoms with Crippen molar-refractivity contribution in [3.63, 3.8) is 0 Å². The van der Waals surface area contributed by atoms with Crippen LogP contribution < -0.4 is 14.8 Å². The molecule has 0 aliphatic rings. The fourth-order valence-electron chi connectivity index (χ4n) is 2.36. The number of benzene rings is 2. The summed E-state index contributed by atoms with van der Waals surface area (Å²) < 4.78 is 12.3. The van der Waals surface area contributed by atoms with E-state index in [9.17, 15) is 4.79 Å². The van der Waals surface area contributed by atoms with Crippen LogP contribution in [0, 0.1) is 0 Å². The van der Waals surface area contributed by atoms with Crippen molar-refractivity contribution in [2.45, 2.75) is 0 Å². The highest BCUT2D eigenvalue weighted by atomic mass is 16.5. The number of fused-ring (bicyclic) bond motifs is 1. The fourth-order valence-corrected chi connectivity index (χ4v) is 2.36. The average molecular weight is 311 g/mol. The van der Waals surface area contributed by atoms with E-state index >= 15 is 0 Å². The third-order valence-electron chi connectivity index (χ3n) is 3.60. The van der Waals surface area contributed by atoms with Crippen LogP contribution in [-0.2, 0) is 7.05 Å². The monoisotopic (exact) mass is 311 g/mol. The molecule has 1 amide bonds. The molecule has 1 heterocycles. The summed E-state index contributed by atoms with van der Waals surface area (Å²) in [6, 6.07) is 10.7. The Morgan fingerprint density at radius 1 is 1.09 bits per heavy atom. The molecule has 0 aliphatic carbocycles. The van der Waals surface area contributed by atoms with Gasteiger partial charge in [-0.15, -0.1) is 0 Å². The molecule has 0 fully saturated rings. The Labute approximate surface area is 133 Å². The van der Waals surface area contributed by atoms with Gasteiger partial charge in [-0.3, -0.25) is 4.79 Å². The Hall–Kier alpha value is -3.02. The molecule has 1 aromatic heterocycles. The van der Waals surface area contributed by atoms with Crippen molar-refractivity contribution in [3.05, 3.63) is 48.3 Å². The zero-order valence-corrected chi connectivity index (χ0v) is 13.2. The second-order valence-corrected chi connectivity index (χ2v) is 5.11. The molecule has 0 bridgehead atoms. The minimum atomic E-state index is -0.238. The van der Waals surface area contributed by atoms with Crippen LogP contribution in [0.25, 0.3) is 11.0 Å². The van der Waals surface area contributed by atoms with Gasteiger partial charge in [0.25, 0.3) is 5.91 Å². The van der Waals surface area contributed by atoms with Crippen LogP contribution in [0.4, 0.5) is 5.69 Å². The van der Waals surface area contributed by atoms with Crippen molar-refractivity contribution in [2.24, 2.45) is 7.05 Å². The Kier molecular flexibility index (Phi) is 3.89. The summed E-state index contributed by atoms with van der Waals surface area (Å²) in [6.45, 7) is 0. The van der Waals surface area contributed by atoms with Crippen molar-refractivity contribution in [3.8, 4) is 11.5 Å². The molecule has 2 aromatic carbocycles. The summed E-state index contributed by atoms with van der Waals surface area (Å²) in [5.74, 6) is 0.891. The van der Waals surface area contributed by atoms with Gasteiger partial charge < -0.3 is 19.4 Å². The summed E-state index contributed by atoms with van der Waals surface area (Å²) in [7, 11) is 5.02. The number of methoxy groups -OCH3 is 2. The Morgan fingerprint density at radius 2 is 1.78 bits per heavy atom. The molecule has 3 aromatic rings. The SMILES string of the molecule is COc1cc(OC)cc(C(=O)Nc2ccc3c(c2)ncn3C)c1. The van der Waals surface area contributed by atoms with Crippen molar-refractivity contribution >= 4 is 22.6 Å². The van der Waals surface area contributed by atoms with Gasteiger partial charge in [0.05, 0.1) is 31.6 Å². The highest BCUT2D eigenvalue weighted by Crippen LogP contribution is 2.24. The molecular weight excluding hydrogens is 294 g/mol. The normalized spacial score (nSPS) is 10.6. The van der Waals surface area contributed by atoms with E-state index in [4.69, 9.17) is 9.47 Å². The summed E-state index contributed by atoms with van der Waals surface area (Å²) in [5, 5.41) is 2.86. The molecule has 0 aliphatic heterocycles. The maximum absolute atomic E-state index is 12.4. The number of imidazole rings is 1. The number of carbonyl (C=O) groups excluding carboxylic acids is 1. The maximum Gasteiger partial charge on any atom is 0.255 e. The zero-order valence-electron chi connectivity index (χ0n) is 13.2. The molecule has 6 heteroatoms. The van der Waals surface area contributed by atoms with Gasteiger partial charge in [0, 0.05) is 24.4 Å². The first-order valence-corrected chi connectivity index (χ1v) is 7.06. The third-order valence-corrected chi connectivity index (χ3v) is 3.60. The average Bonchev–Trinajstić information content (AvgIpc) is 2.94. The van der Waals surface area contributed by atoms with Crippen molar-refractivity contribution in [2.75, 3.05) is 19.5 Å². The van der Waals surface area contributed by atoms with Crippen molar-refractivity contribution in [1.82, 2.24) is 9.55 Å². The predicted octanol–water partition coefficient (Wildman–Crippen LogP) is 2.84. The third kappa shape index (κ3) is 2.96. The van der Waals surface area contributed by atoms with Crippen molar-refractivity contribution in [1.29, 1.82) is 0 Å². The molecule has 0 atom stereocenters. The Balaban J connectivity index is 1.87. The number of ether oxygens (including phenoxy) is 2. The van der Waals surface area contributed by atoms with Crippen LogP contribution in [0.15, 0.2) is 42.7 Å². The number of anilines is 1. The molecule has 0 saturated carbocycles. The number of nitrogens with zero attached hydrogens (tertiary/aromatic N) is 2. The van der Waals surface area contributed by atoms with E-state index in [1.807, 2.05) is 29.8 Å². The van der Waals surface area contributed by atoms with Gasteiger partial charge in [-0.25, -0.2) is 4.98 Å². The minimum absolute atomic E-state index is 0.238. The van der Waals surface area contributed by atoms with Crippen LogP contribution in [-0.4, -0.2) is 29.7 Å². The quantitative estimate of drug-likeness (QED) is 0.804. The topological polar surface area (TPSA) is 65.4 Å². The zero-order chi connectivity index (χ0) is 16.4. The number of carbonyl (C=O) groups is 1. The van der Waals surface area contributed by atoms with Crippen LogP contribution in [0.2, 0.25) is 0 Å².